The van der Waals surface area contributed by atoms with Gasteiger partial charge in [-0.25, -0.2) is 0 Å². The Morgan fingerprint density at radius 3 is 2.07 bits per heavy atom. The molecule has 2 rings (SSSR count). The zero-order valence-corrected chi connectivity index (χ0v) is 14.8. The average Bonchev–Trinajstić information content (AvgIpc) is 2.56. The summed E-state index contributed by atoms with van der Waals surface area (Å²) in [4.78, 5) is 23.2. The fraction of sp³-hybridized carbons (Fsp3) is 0.263. The molecule has 0 aliphatic rings. The number of benzene rings is 2. The maximum Gasteiger partial charge on any atom is 0.416 e. The summed E-state index contributed by atoms with van der Waals surface area (Å²) in [5, 5.41) is 12.2. The molecule has 144 valence electrons. The van der Waals surface area contributed by atoms with Crippen LogP contribution in [0.2, 0.25) is 5.02 Å². The van der Waals surface area contributed by atoms with Crippen molar-refractivity contribution >= 4 is 23.5 Å². The van der Waals surface area contributed by atoms with Crippen LogP contribution in [-0.4, -0.2) is 23.0 Å². The molecule has 4 nitrogen and oxygen atoms in total. The van der Waals surface area contributed by atoms with Gasteiger partial charge in [-0.2, -0.15) is 13.2 Å². The van der Waals surface area contributed by atoms with Crippen LogP contribution in [0.5, 0.6) is 0 Å². The zero-order chi connectivity index (χ0) is 20.0. The van der Waals surface area contributed by atoms with Crippen LogP contribution in [0.3, 0.4) is 0 Å². The van der Waals surface area contributed by atoms with Crippen LogP contribution in [-0.2, 0) is 28.6 Å². The molecule has 0 aromatic heterocycles. The molecule has 1 atom stereocenters. The normalized spacial score (nSPS) is 12.4. The third-order valence-electron chi connectivity index (χ3n) is 3.83. The highest BCUT2D eigenvalue weighted by Gasteiger charge is 2.30. The van der Waals surface area contributed by atoms with Crippen LogP contribution in [0.4, 0.5) is 13.2 Å². The van der Waals surface area contributed by atoms with Crippen LogP contribution in [0, 0.1) is 0 Å². The number of carbonyl (C=O) groups excluding carboxylic acids is 1. The van der Waals surface area contributed by atoms with Gasteiger partial charge in [0, 0.05) is 11.1 Å². The standard InChI is InChI=1S/C19H17ClF3NO3/c20-15-7-3-13(4-8-15)10-17(25)24-16(11-18(26)27)9-12-1-5-14(6-2-12)19(21,22)23/h1-8,16H,9-11H2,(H,24,25)(H,26,27)/t16-/m1/s1. The Morgan fingerprint density at radius 2 is 1.56 bits per heavy atom. The summed E-state index contributed by atoms with van der Waals surface area (Å²) < 4.78 is 37.8. The van der Waals surface area contributed by atoms with Gasteiger partial charge in [0.15, 0.2) is 0 Å². The first-order chi connectivity index (χ1) is 12.6. The summed E-state index contributed by atoms with van der Waals surface area (Å²) in [7, 11) is 0. The summed E-state index contributed by atoms with van der Waals surface area (Å²) in [5.74, 6) is -1.49. The number of rotatable bonds is 7. The van der Waals surface area contributed by atoms with E-state index >= 15 is 0 Å². The maximum absolute atomic E-state index is 12.6. The molecule has 0 saturated heterocycles. The first-order valence-electron chi connectivity index (χ1n) is 8.05. The number of hydrogen-bond acceptors (Lipinski definition) is 2. The largest absolute Gasteiger partial charge is 0.481 e. The van der Waals surface area contributed by atoms with E-state index in [1.54, 1.807) is 24.3 Å². The smallest absolute Gasteiger partial charge is 0.416 e. The van der Waals surface area contributed by atoms with Gasteiger partial charge >= 0.3 is 12.1 Å². The Balaban J connectivity index is 2.02. The Kier molecular flexibility index (Phi) is 6.85. The minimum Gasteiger partial charge on any atom is -0.481 e. The first kappa shape index (κ1) is 20.8. The Hall–Kier alpha value is -2.54. The third kappa shape index (κ3) is 6.94. The first-order valence-corrected chi connectivity index (χ1v) is 8.43. The Morgan fingerprint density at radius 1 is 1.00 bits per heavy atom. The lowest BCUT2D eigenvalue weighted by Crippen LogP contribution is -2.39. The second kappa shape index (κ2) is 8.90. The molecule has 1 amide bonds. The summed E-state index contributed by atoms with van der Waals surface area (Å²) in [6.07, 6.45) is -4.63. The predicted molar refractivity (Wildman–Crippen MR) is 94.5 cm³/mol. The molecule has 0 bridgehead atoms. The van der Waals surface area contributed by atoms with E-state index in [2.05, 4.69) is 5.32 Å². The van der Waals surface area contributed by atoms with E-state index in [1.165, 1.54) is 12.1 Å². The molecule has 27 heavy (non-hydrogen) atoms. The number of carboxylic acids is 1. The fourth-order valence-corrected chi connectivity index (χ4v) is 2.69. The van der Waals surface area contributed by atoms with Crippen LogP contribution in [0.25, 0.3) is 0 Å². The topological polar surface area (TPSA) is 66.4 Å². The van der Waals surface area contributed by atoms with Crippen LogP contribution in [0.1, 0.15) is 23.1 Å². The molecular formula is C19H17ClF3NO3. The number of halogens is 4. The molecule has 0 fully saturated rings. The van der Waals surface area contributed by atoms with Crippen molar-refractivity contribution in [2.75, 3.05) is 0 Å². The van der Waals surface area contributed by atoms with Gasteiger partial charge < -0.3 is 10.4 Å². The second-order valence-corrected chi connectivity index (χ2v) is 6.50. The van der Waals surface area contributed by atoms with E-state index in [-0.39, 0.29) is 25.2 Å². The van der Waals surface area contributed by atoms with Crippen molar-refractivity contribution in [3.8, 4) is 0 Å². The number of carbonyl (C=O) groups is 2. The van der Waals surface area contributed by atoms with Crippen molar-refractivity contribution < 1.29 is 27.9 Å². The number of carboxylic acid groups (broad SMARTS) is 1. The molecule has 0 radical (unpaired) electrons. The van der Waals surface area contributed by atoms with Gasteiger partial charge in [0.25, 0.3) is 0 Å². The van der Waals surface area contributed by atoms with Crippen molar-refractivity contribution in [3.05, 3.63) is 70.2 Å². The SMILES string of the molecule is O=C(O)C[C@@H](Cc1ccc(C(F)(F)F)cc1)NC(=O)Cc1ccc(Cl)cc1. The van der Waals surface area contributed by atoms with Crippen LogP contribution < -0.4 is 5.32 Å². The number of alkyl halides is 3. The van der Waals surface area contributed by atoms with Crippen molar-refractivity contribution in [1.29, 1.82) is 0 Å². The monoisotopic (exact) mass is 399 g/mol. The lowest BCUT2D eigenvalue weighted by Gasteiger charge is -2.18. The Labute approximate surface area is 159 Å². The molecule has 8 heteroatoms. The van der Waals surface area contributed by atoms with Gasteiger partial charge in [-0.15, -0.1) is 0 Å². The highest BCUT2D eigenvalue weighted by molar-refractivity contribution is 6.30. The summed E-state index contributed by atoms with van der Waals surface area (Å²) in [6, 6.07) is 10.3. The quantitative estimate of drug-likeness (QED) is 0.736. The summed E-state index contributed by atoms with van der Waals surface area (Å²) in [6.45, 7) is 0. The molecule has 0 heterocycles. The summed E-state index contributed by atoms with van der Waals surface area (Å²) >= 11 is 5.78. The Bertz CT molecular complexity index is 789. The zero-order valence-electron chi connectivity index (χ0n) is 14.1. The van der Waals surface area contributed by atoms with Crippen molar-refractivity contribution in [2.24, 2.45) is 0 Å². The molecule has 2 N–H and O–H groups in total. The van der Waals surface area contributed by atoms with Crippen molar-refractivity contribution in [3.63, 3.8) is 0 Å². The van der Waals surface area contributed by atoms with E-state index in [4.69, 9.17) is 16.7 Å². The minimum atomic E-state index is -4.44. The molecule has 0 aliphatic carbocycles. The van der Waals surface area contributed by atoms with Gasteiger partial charge in [0.05, 0.1) is 18.4 Å². The van der Waals surface area contributed by atoms with Gasteiger partial charge in [0.1, 0.15) is 0 Å². The number of aliphatic carboxylic acids is 1. The van der Waals surface area contributed by atoms with E-state index in [0.29, 0.717) is 16.1 Å². The maximum atomic E-state index is 12.6. The van der Waals surface area contributed by atoms with E-state index in [1.807, 2.05) is 0 Å². The van der Waals surface area contributed by atoms with Crippen molar-refractivity contribution in [1.82, 2.24) is 5.32 Å². The second-order valence-electron chi connectivity index (χ2n) is 6.06. The summed E-state index contributed by atoms with van der Waals surface area (Å²) in [5.41, 5.74) is 0.425. The molecule has 0 unspecified atom stereocenters. The number of nitrogens with one attached hydrogen (secondary N) is 1. The van der Waals surface area contributed by atoms with Gasteiger partial charge in [-0.3, -0.25) is 9.59 Å². The van der Waals surface area contributed by atoms with E-state index in [0.717, 1.165) is 12.1 Å². The lowest BCUT2D eigenvalue weighted by atomic mass is 10.0. The van der Waals surface area contributed by atoms with Gasteiger partial charge in [0.2, 0.25) is 5.91 Å². The fourth-order valence-electron chi connectivity index (χ4n) is 2.57. The molecule has 0 aliphatic heterocycles. The van der Waals surface area contributed by atoms with Gasteiger partial charge in [-0.1, -0.05) is 35.9 Å². The molecule has 0 saturated carbocycles. The third-order valence-corrected chi connectivity index (χ3v) is 4.08. The molecule has 0 spiro atoms. The number of amides is 1. The lowest BCUT2D eigenvalue weighted by molar-refractivity contribution is -0.138. The molecule has 2 aromatic carbocycles. The highest BCUT2D eigenvalue weighted by atomic mass is 35.5. The minimum absolute atomic E-state index is 0.0420. The van der Waals surface area contributed by atoms with E-state index < -0.39 is 23.8 Å². The highest BCUT2D eigenvalue weighted by Crippen LogP contribution is 2.29. The van der Waals surface area contributed by atoms with E-state index in [9.17, 15) is 22.8 Å². The van der Waals surface area contributed by atoms with Crippen molar-refractivity contribution in [2.45, 2.75) is 31.5 Å². The molecular weight excluding hydrogens is 383 g/mol. The van der Waals surface area contributed by atoms with Gasteiger partial charge in [-0.05, 0) is 41.8 Å². The molecule has 2 aromatic rings. The average molecular weight is 400 g/mol. The predicted octanol–water partition coefficient (Wildman–Crippen LogP) is 4.10. The van der Waals surface area contributed by atoms with Crippen LogP contribution >= 0.6 is 11.6 Å². The van der Waals surface area contributed by atoms with Crippen LogP contribution in [0.15, 0.2) is 48.5 Å². The number of hydrogen-bond donors (Lipinski definition) is 2.